The Balaban J connectivity index is 2.01. The van der Waals surface area contributed by atoms with E-state index < -0.39 is 0 Å². The van der Waals surface area contributed by atoms with Crippen molar-refractivity contribution in [3.8, 4) is 0 Å². The molecule has 0 unspecified atom stereocenters. The number of benzene rings is 1. The highest BCUT2D eigenvalue weighted by Gasteiger charge is 2.05. The number of para-hydroxylation sites is 1. The third-order valence-electron chi connectivity index (χ3n) is 3.04. The minimum absolute atomic E-state index is 0.0112. The quantitative estimate of drug-likeness (QED) is 0.762. The number of anilines is 1. The third kappa shape index (κ3) is 3.92. The zero-order chi connectivity index (χ0) is 14.4. The average Bonchev–Trinajstić information content (AvgIpc) is 2.45. The number of hydrogen-bond donors (Lipinski definition) is 2. The number of rotatable bonds is 7. The van der Waals surface area contributed by atoms with Crippen molar-refractivity contribution in [2.24, 2.45) is 0 Å². The molecule has 0 saturated heterocycles. The Kier molecular flexibility index (Phi) is 5.32. The van der Waals surface area contributed by atoms with Gasteiger partial charge in [-0.25, -0.2) is 4.98 Å². The Bertz CT molecular complexity index is 555. The summed E-state index contributed by atoms with van der Waals surface area (Å²) in [4.78, 5) is 4.57. The van der Waals surface area contributed by atoms with Crippen LogP contribution in [0.3, 0.4) is 0 Å². The van der Waals surface area contributed by atoms with Crippen LogP contribution in [-0.2, 0) is 11.3 Å². The lowest BCUT2D eigenvalue weighted by molar-refractivity contribution is 0.0787. The van der Waals surface area contributed by atoms with Crippen molar-refractivity contribution in [2.45, 2.75) is 33.0 Å². The molecule has 20 heavy (non-hydrogen) atoms. The SMILES string of the molecule is CC(C)OCCCNc1nc2ccccc2cc1CO. The molecule has 1 aromatic heterocycles. The van der Waals surface area contributed by atoms with Crippen LogP contribution in [-0.4, -0.2) is 29.3 Å². The van der Waals surface area contributed by atoms with Gasteiger partial charge >= 0.3 is 0 Å². The Morgan fingerprint density at radius 3 is 2.85 bits per heavy atom. The molecule has 0 aliphatic carbocycles. The van der Waals surface area contributed by atoms with Gasteiger partial charge < -0.3 is 15.2 Å². The second-order valence-corrected chi connectivity index (χ2v) is 5.05. The molecule has 0 amide bonds. The molecule has 1 aromatic carbocycles. The van der Waals surface area contributed by atoms with Crippen molar-refractivity contribution in [2.75, 3.05) is 18.5 Å². The van der Waals surface area contributed by atoms with E-state index in [1.807, 2.05) is 44.2 Å². The Labute approximate surface area is 119 Å². The van der Waals surface area contributed by atoms with Gasteiger partial charge in [0.1, 0.15) is 5.82 Å². The van der Waals surface area contributed by atoms with Gasteiger partial charge in [-0.3, -0.25) is 0 Å². The molecular formula is C16H22N2O2. The average molecular weight is 274 g/mol. The fraction of sp³-hybridized carbons (Fsp3) is 0.438. The fourth-order valence-corrected chi connectivity index (χ4v) is 2.03. The summed E-state index contributed by atoms with van der Waals surface area (Å²) in [6.45, 7) is 5.56. The predicted octanol–water partition coefficient (Wildman–Crippen LogP) is 2.95. The first kappa shape index (κ1) is 14.8. The number of aliphatic hydroxyl groups is 1. The molecule has 4 heteroatoms. The van der Waals surface area contributed by atoms with Gasteiger partial charge in [0, 0.05) is 24.1 Å². The first-order valence-corrected chi connectivity index (χ1v) is 7.05. The van der Waals surface area contributed by atoms with E-state index in [1.165, 1.54) is 0 Å². The molecule has 108 valence electrons. The summed E-state index contributed by atoms with van der Waals surface area (Å²) in [5.74, 6) is 0.760. The lowest BCUT2D eigenvalue weighted by atomic mass is 10.1. The van der Waals surface area contributed by atoms with Crippen LogP contribution in [0.15, 0.2) is 30.3 Å². The molecule has 0 spiro atoms. The van der Waals surface area contributed by atoms with Crippen LogP contribution in [0.5, 0.6) is 0 Å². The number of pyridine rings is 1. The number of nitrogens with zero attached hydrogens (tertiary/aromatic N) is 1. The maximum absolute atomic E-state index is 9.45. The third-order valence-corrected chi connectivity index (χ3v) is 3.04. The summed E-state index contributed by atoms with van der Waals surface area (Å²) in [6.07, 6.45) is 1.18. The molecule has 0 fully saturated rings. The van der Waals surface area contributed by atoms with E-state index in [4.69, 9.17) is 4.74 Å². The van der Waals surface area contributed by atoms with Gasteiger partial charge in [0.25, 0.3) is 0 Å². The highest BCUT2D eigenvalue weighted by atomic mass is 16.5. The zero-order valence-corrected chi connectivity index (χ0v) is 12.1. The van der Waals surface area contributed by atoms with Crippen molar-refractivity contribution in [3.05, 3.63) is 35.9 Å². The summed E-state index contributed by atoms with van der Waals surface area (Å²) in [5.41, 5.74) is 1.76. The van der Waals surface area contributed by atoms with E-state index in [2.05, 4.69) is 10.3 Å². The summed E-state index contributed by atoms with van der Waals surface area (Å²) >= 11 is 0. The smallest absolute Gasteiger partial charge is 0.132 e. The molecule has 2 rings (SSSR count). The van der Waals surface area contributed by atoms with Crippen LogP contribution in [0.1, 0.15) is 25.8 Å². The normalized spacial score (nSPS) is 11.2. The molecule has 0 aliphatic heterocycles. The first-order chi connectivity index (χ1) is 9.70. The molecule has 2 aromatic rings. The minimum atomic E-state index is -0.0112. The van der Waals surface area contributed by atoms with Gasteiger partial charge in [-0.05, 0) is 32.4 Å². The summed E-state index contributed by atoms with van der Waals surface area (Å²) < 4.78 is 5.50. The van der Waals surface area contributed by atoms with Crippen molar-refractivity contribution in [3.63, 3.8) is 0 Å². The molecule has 0 saturated carbocycles. The summed E-state index contributed by atoms with van der Waals surface area (Å²) in [5, 5.41) is 13.8. The standard InChI is InChI=1S/C16H22N2O2/c1-12(2)20-9-5-8-17-16-14(11-19)10-13-6-3-4-7-15(13)18-16/h3-4,6-7,10,12,19H,5,8-9,11H2,1-2H3,(H,17,18). The van der Waals surface area contributed by atoms with Crippen molar-refractivity contribution >= 4 is 16.7 Å². The molecule has 2 N–H and O–H groups in total. The molecule has 4 nitrogen and oxygen atoms in total. The number of aliphatic hydroxyl groups excluding tert-OH is 1. The highest BCUT2D eigenvalue weighted by Crippen LogP contribution is 2.20. The van der Waals surface area contributed by atoms with E-state index in [9.17, 15) is 5.11 Å². The number of nitrogens with one attached hydrogen (secondary N) is 1. The maximum atomic E-state index is 9.45. The lowest BCUT2D eigenvalue weighted by Crippen LogP contribution is -2.11. The fourth-order valence-electron chi connectivity index (χ4n) is 2.03. The van der Waals surface area contributed by atoms with Gasteiger partial charge in [-0.2, -0.15) is 0 Å². The molecule has 0 aliphatic rings. The van der Waals surface area contributed by atoms with Gasteiger partial charge in [0.05, 0.1) is 18.2 Å². The van der Waals surface area contributed by atoms with Crippen LogP contribution in [0.2, 0.25) is 0 Å². The van der Waals surface area contributed by atoms with E-state index in [0.29, 0.717) is 0 Å². The van der Waals surface area contributed by atoms with E-state index >= 15 is 0 Å². The Morgan fingerprint density at radius 1 is 1.30 bits per heavy atom. The number of aromatic nitrogens is 1. The van der Waals surface area contributed by atoms with Crippen molar-refractivity contribution in [1.82, 2.24) is 4.98 Å². The van der Waals surface area contributed by atoms with Crippen LogP contribution >= 0.6 is 0 Å². The first-order valence-electron chi connectivity index (χ1n) is 7.05. The van der Waals surface area contributed by atoms with Crippen molar-refractivity contribution in [1.29, 1.82) is 0 Å². The number of ether oxygens (including phenoxy) is 1. The summed E-state index contributed by atoms with van der Waals surface area (Å²) in [6, 6.07) is 9.90. The lowest BCUT2D eigenvalue weighted by Gasteiger charge is -2.12. The Hall–Kier alpha value is -1.65. The molecule has 0 radical (unpaired) electrons. The second-order valence-electron chi connectivity index (χ2n) is 5.05. The highest BCUT2D eigenvalue weighted by molar-refractivity contribution is 5.81. The Morgan fingerprint density at radius 2 is 2.10 bits per heavy atom. The van der Waals surface area contributed by atoms with Gasteiger partial charge in [-0.15, -0.1) is 0 Å². The predicted molar refractivity (Wildman–Crippen MR) is 81.9 cm³/mol. The van der Waals surface area contributed by atoms with Gasteiger partial charge in [0.2, 0.25) is 0 Å². The maximum Gasteiger partial charge on any atom is 0.132 e. The largest absolute Gasteiger partial charge is 0.392 e. The van der Waals surface area contributed by atoms with E-state index in [1.54, 1.807) is 0 Å². The topological polar surface area (TPSA) is 54.4 Å². The molecule has 1 heterocycles. The number of hydrogen-bond acceptors (Lipinski definition) is 4. The van der Waals surface area contributed by atoms with Crippen LogP contribution in [0.25, 0.3) is 10.9 Å². The van der Waals surface area contributed by atoms with Gasteiger partial charge in [0.15, 0.2) is 0 Å². The van der Waals surface area contributed by atoms with E-state index in [-0.39, 0.29) is 12.7 Å². The van der Waals surface area contributed by atoms with Gasteiger partial charge in [-0.1, -0.05) is 18.2 Å². The monoisotopic (exact) mass is 274 g/mol. The van der Waals surface area contributed by atoms with E-state index in [0.717, 1.165) is 41.9 Å². The van der Waals surface area contributed by atoms with Crippen LogP contribution < -0.4 is 5.32 Å². The second kappa shape index (κ2) is 7.22. The zero-order valence-electron chi connectivity index (χ0n) is 12.1. The van der Waals surface area contributed by atoms with Crippen LogP contribution in [0.4, 0.5) is 5.82 Å². The molecular weight excluding hydrogens is 252 g/mol. The van der Waals surface area contributed by atoms with Crippen molar-refractivity contribution < 1.29 is 9.84 Å². The van der Waals surface area contributed by atoms with Crippen LogP contribution in [0, 0.1) is 0 Å². The minimum Gasteiger partial charge on any atom is -0.392 e. The molecule has 0 atom stereocenters. The number of fused-ring (bicyclic) bond motifs is 1. The summed E-state index contributed by atoms with van der Waals surface area (Å²) in [7, 11) is 0. The molecule has 0 bridgehead atoms.